The zero-order valence-electron chi connectivity index (χ0n) is 16.1. The maximum Gasteiger partial charge on any atom is 0.235 e. The van der Waals surface area contributed by atoms with Gasteiger partial charge in [-0.1, -0.05) is 42.1 Å². The molecule has 0 spiro atoms. The van der Waals surface area contributed by atoms with Crippen molar-refractivity contribution in [2.75, 3.05) is 18.6 Å². The average molecular weight is 448 g/mol. The molecule has 2 aromatic heterocycles. The van der Waals surface area contributed by atoms with Gasteiger partial charge in [0.15, 0.2) is 9.84 Å². The van der Waals surface area contributed by atoms with E-state index in [4.69, 9.17) is 0 Å². The SMILES string of the molecule is C[C@H](Sc1ncnc2sc(-c3ccccc3)cc12)C(=O)N(C)[C@H]1CCS(=O)(=O)C1. The van der Waals surface area contributed by atoms with Gasteiger partial charge in [0.05, 0.1) is 16.8 Å². The average Bonchev–Trinajstić information content (AvgIpc) is 3.31. The Hall–Kier alpha value is -1.97. The first kappa shape index (κ1) is 20.3. The Kier molecular flexibility index (Phi) is 5.63. The van der Waals surface area contributed by atoms with Crippen molar-refractivity contribution in [1.82, 2.24) is 14.9 Å². The maximum atomic E-state index is 12.9. The molecule has 1 aliphatic rings. The smallest absolute Gasteiger partial charge is 0.235 e. The quantitative estimate of drug-likeness (QED) is 0.440. The van der Waals surface area contributed by atoms with Crippen molar-refractivity contribution in [2.45, 2.75) is 29.7 Å². The lowest BCUT2D eigenvalue weighted by Crippen LogP contribution is -2.41. The summed E-state index contributed by atoms with van der Waals surface area (Å²) in [5.74, 6) is 0.123. The first-order valence-electron chi connectivity index (χ1n) is 9.28. The molecule has 6 nitrogen and oxygen atoms in total. The number of nitrogens with zero attached hydrogens (tertiary/aromatic N) is 3. The third kappa shape index (κ3) is 4.31. The summed E-state index contributed by atoms with van der Waals surface area (Å²) in [5.41, 5.74) is 1.12. The number of sulfone groups is 1. The third-order valence-electron chi connectivity index (χ3n) is 5.09. The van der Waals surface area contributed by atoms with E-state index in [2.05, 4.69) is 28.2 Å². The predicted octanol–water partition coefficient (Wildman–Crippen LogP) is 3.48. The molecule has 3 heterocycles. The van der Waals surface area contributed by atoms with Gasteiger partial charge in [-0.15, -0.1) is 11.3 Å². The van der Waals surface area contributed by atoms with Gasteiger partial charge in [0.2, 0.25) is 5.91 Å². The lowest BCUT2D eigenvalue weighted by atomic mass is 10.2. The minimum Gasteiger partial charge on any atom is -0.341 e. The molecule has 0 radical (unpaired) electrons. The molecule has 1 amide bonds. The van der Waals surface area contributed by atoms with Crippen LogP contribution in [0.4, 0.5) is 0 Å². The second-order valence-electron chi connectivity index (χ2n) is 7.14. The van der Waals surface area contributed by atoms with Crippen LogP contribution in [-0.2, 0) is 14.6 Å². The van der Waals surface area contributed by atoms with Crippen LogP contribution in [0.5, 0.6) is 0 Å². The van der Waals surface area contributed by atoms with E-state index in [1.54, 1.807) is 23.3 Å². The van der Waals surface area contributed by atoms with Crippen LogP contribution in [0.25, 0.3) is 20.7 Å². The molecule has 1 aliphatic heterocycles. The van der Waals surface area contributed by atoms with E-state index in [0.717, 1.165) is 25.7 Å². The monoisotopic (exact) mass is 447 g/mol. The normalized spacial score (nSPS) is 19.3. The predicted molar refractivity (Wildman–Crippen MR) is 118 cm³/mol. The van der Waals surface area contributed by atoms with Crippen molar-refractivity contribution in [3.8, 4) is 10.4 Å². The van der Waals surface area contributed by atoms with Gasteiger partial charge in [0.1, 0.15) is 16.2 Å². The van der Waals surface area contributed by atoms with Crippen LogP contribution in [0.2, 0.25) is 0 Å². The van der Waals surface area contributed by atoms with Crippen molar-refractivity contribution in [3.63, 3.8) is 0 Å². The summed E-state index contributed by atoms with van der Waals surface area (Å²) in [6.45, 7) is 1.84. The number of hydrogen-bond donors (Lipinski definition) is 0. The zero-order valence-corrected chi connectivity index (χ0v) is 18.6. The first-order chi connectivity index (χ1) is 13.8. The molecule has 29 heavy (non-hydrogen) atoms. The number of benzene rings is 1. The summed E-state index contributed by atoms with van der Waals surface area (Å²) < 4.78 is 23.5. The number of amides is 1. The summed E-state index contributed by atoms with van der Waals surface area (Å²) in [5, 5.41) is 1.33. The number of rotatable bonds is 5. The number of thiophene rings is 1. The van der Waals surface area contributed by atoms with E-state index < -0.39 is 9.84 Å². The van der Waals surface area contributed by atoms with Gasteiger partial charge in [-0.05, 0) is 25.0 Å². The zero-order chi connectivity index (χ0) is 20.6. The fourth-order valence-corrected chi connectivity index (χ4v) is 7.27. The van der Waals surface area contributed by atoms with E-state index >= 15 is 0 Å². The Balaban J connectivity index is 1.54. The number of carbonyl (C=O) groups is 1. The van der Waals surface area contributed by atoms with Crippen molar-refractivity contribution in [3.05, 3.63) is 42.7 Å². The molecule has 0 saturated carbocycles. The molecule has 1 fully saturated rings. The lowest BCUT2D eigenvalue weighted by Gasteiger charge is -2.26. The van der Waals surface area contributed by atoms with E-state index in [1.165, 1.54) is 18.1 Å². The molecular formula is C20H21N3O3S3. The second-order valence-corrected chi connectivity index (χ2v) is 11.7. The molecule has 9 heteroatoms. The van der Waals surface area contributed by atoms with E-state index in [9.17, 15) is 13.2 Å². The largest absolute Gasteiger partial charge is 0.341 e. The molecule has 4 rings (SSSR count). The Morgan fingerprint density at radius 1 is 1.28 bits per heavy atom. The summed E-state index contributed by atoms with van der Waals surface area (Å²) in [6.07, 6.45) is 2.03. The van der Waals surface area contributed by atoms with Gasteiger partial charge in [-0.25, -0.2) is 18.4 Å². The molecule has 1 aromatic carbocycles. The molecule has 3 aromatic rings. The second kappa shape index (κ2) is 8.04. The fraction of sp³-hybridized carbons (Fsp3) is 0.350. The number of thioether (sulfide) groups is 1. The molecule has 152 valence electrons. The van der Waals surface area contributed by atoms with Crippen molar-refractivity contribution >= 4 is 49.1 Å². The van der Waals surface area contributed by atoms with Gasteiger partial charge in [0, 0.05) is 23.4 Å². The highest BCUT2D eigenvalue weighted by molar-refractivity contribution is 8.00. The minimum absolute atomic E-state index is 0.0509. The molecular weight excluding hydrogens is 426 g/mol. The first-order valence-corrected chi connectivity index (χ1v) is 12.8. The topological polar surface area (TPSA) is 80.2 Å². The Labute approximate surface area is 178 Å². The molecule has 0 unspecified atom stereocenters. The van der Waals surface area contributed by atoms with Gasteiger partial charge >= 0.3 is 0 Å². The highest BCUT2D eigenvalue weighted by Gasteiger charge is 2.34. The van der Waals surface area contributed by atoms with Crippen LogP contribution in [0.15, 0.2) is 47.8 Å². The van der Waals surface area contributed by atoms with Crippen LogP contribution in [0.3, 0.4) is 0 Å². The van der Waals surface area contributed by atoms with Crippen LogP contribution >= 0.6 is 23.1 Å². The van der Waals surface area contributed by atoms with E-state index in [1.807, 2.05) is 25.1 Å². The molecule has 0 N–H and O–H groups in total. The van der Waals surface area contributed by atoms with Gasteiger partial charge in [-0.3, -0.25) is 4.79 Å². The van der Waals surface area contributed by atoms with Crippen LogP contribution in [0, 0.1) is 0 Å². The van der Waals surface area contributed by atoms with Gasteiger partial charge < -0.3 is 4.90 Å². The number of fused-ring (bicyclic) bond motifs is 1. The molecule has 0 bridgehead atoms. The van der Waals surface area contributed by atoms with Crippen LogP contribution in [0.1, 0.15) is 13.3 Å². The third-order valence-corrected chi connectivity index (χ3v) is 9.04. The number of hydrogen-bond acceptors (Lipinski definition) is 7. The highest BCUT2D eigenvalue weighted by Crippen LogP contribution is 2.37. The fourth-order valence-electron chi connectivity index (χ4n) is 3.44. The van der Waals surface area contributed by atoms with Crippen LogP contribution < -0.4 is 0 Å². The summed E-state index contributed by atoms with van der Waals surface area (Å²) in [4.78, 5) is 25.3. The molecule has 2 atom stereocenters. The lowest BCUT2D eigenvalue weighted by molar-refractivity contribution is -0.130. The standard InChI is InChI=1S/C20H21N3O3S3/c1-13(20(24)23(2)15-8-9-29(25,26)11-15)27-18-16-10-17(14-6-4-3-5-7-14)28-19(16)22-12-21-18/h3-7,10,12-13,15H,8-9,11H2,1-2H3/t13-,15-/m0/s1. The highest BCUT2D eigenvalue weighted by atomic mass is 32.2. The van der Waals surface area contributed by atoms with Gasteiger partial charge in [-0.2, -0.15) is 0 Å². The Bertz CT molecular complexity index is 1150. The summed E-state index contributed by atoms with van der Waals surface area (Å²) in [7, 11) is -1.34. The Morgan fingerprint density at radius 2 is 2.03 bits per heavy atom. The van der Waals surface area contributed by atoms with Crippen molar-refractivity contribution < 1.29 is 13.2 Å². The van der Waals surface area contributed by atoms with E-state index in [0.29, 0.717) is 6.42 Å². The van der Waals surface area contributed by atoms with Crippen molar-refractivity contribution in [1.29, 1.82) is 0 Å². The maximum absolute atomic E-state index is 12.9. The summed E-state index contributed by atoms with van der Waals surface area (Å²) in [6, 6.07) is 11.9. The Morgan fingerprint density at radius 3 is 2.72 bits per heavy atom. The summed E-state index contributed by atoms with van der Waals surface area (Å²) >= 11 is 2.99. The molecule has 0 aliphatic carbocycles. The molecule has 1 saturated heterocycles. The van der Waals surface area contributed by atoms with Crippen molar-refractivity contribution in [2.24, 2.45) is 0 Å². The van der Waals surface area contributed by atoms with Gasteiger partial charge in [0.25, 0.3) is 0 Å². The minimum atomic E-state index is -3.03. The number of carbonyl (C=O) groups excluding carboxylic acids is 1. The van der Waals surface area contributed by atoms with E-state index in [-0.39, 0.29) is 28.7 Å². The van der Waals surface area contributed by atoms with Crippen LogP contribution in [-0.4, -0.2) is 59.0 Å². The number of aromatic nitrogens is 2.